The lowest BCUT2D eigenvalue weighted by atomic mass is 10.1. The van der Waals surface area contributed by atoms with Gasteiger partial charge in [0.2, 0.25) is 0 Å². The number of hydrogen-bond donors (Lipinski definition) is 2. The maximum Gasteiger partial charge on any atom is 0.151 e. The highest BCUT2D eigenvalue weighted by Gasteiger charge is 2.03. The number of aromatic nitrogens is 3. The van der Waals surface area contributed by atoms with Crippen LogP contribution in [-0.4, -0.2) is 20.3 Å². The van der Waals surface area contributed by atoms with E-state index in [9.17, 15) is 5.11 Å². The fraction of sp³-hybridized carbons (Fsp3) is 0.467. The van der Waals surface area contributed by atoms with Gasteiger partial charge in [0, 0.05) is 12.8 Å². The molecular weight excluding hydrogens is 238 g/mol. The number of nitrogens with zero attached hydrogens (tertiary/aromatic N) is 2. The van der Waals surface area contributed by atoms with Crippen molar-refractivity contribution in [2.75, 3.05) is 0 Å². The summed E-state index contributed by atoms with van der Waals surface area (Å²) in [5.41, 5.74) is 1.19. The van der Waals surface area contributed by atoms with Gasteiger partial charge in [-0.1, -0.05) is 31.9 Å². The van der Waals surface area contributed by atoms with Crippen molar-refractivity contribution in [3.05, 3.63) is 41.5 Å². The number of H-pyrrole nitrogens is 1. The Morgan fingerprint density at radius 3 is 2.58 bits per heavy atom. The molecule has 0 aliphatic heterocycles. The van der Waals surface area contributed by atoms with Crippen LogP contribution in [0.2, 0.25) is 0 Å². The average Bonchev–Trinajstić information content (AvgIpc) is 2.86. The summed E-state index contributed by atoms with van der Waals surface area (Å²) in [6.07, 6.45) is 6.34. The zero-order valence-electron chi connectivity index (χ0n) is 11.4. The van der Waals surface area contributed by atoms with Gasteiger partial charge in [0.15, 0.2) is 5.82 Å². The van der Waals surface area contributed by atoms with Gasteiger partial charge in [0.25, 0.3) is 0 Å². The molecule has 0 aliphatic carbocycles. The van der Waals surface area contributed by atoms with Crippen LogP contribution in [0.5, 0.6) is 5.75 Å². The number of hydrogen-bond acceptors (Lipinski definition) is 3. The van der Waals surface area contributed by atoms with Gasteiger partial charge in [-0.25, -0.2) is 4.98 Å². The molecule has 0 bridgehead atoms. The first kappa shape index (κ1) is 13.6. The molecule has 19 heavy (non-hydrogen) atoms. The fourth-order valence-corrected chi connectivity index (χ4v) is 2.02. The van der Waals surface area contributed by atoms with Gasteiger partial charge in [-0.05, 0) is 30.5 Å². The lowest BCUT2D eigenvalue weighted by Crippen LogP contribution is -1.94. The van der Waals surface area contributed by atoms with E-state index in [-0.39, 0.29) is 0 Å². The summed E-state index contributed by atoms with van der Waals surface area (Å²) in [5, 5.41) is 16.5. The van der Waals surface area contributed by atoms with Crippen molar-refractivity contribution >= 4 is 0 Å². The summed E-state index contributed by atoms with van der Waals surface area (Å²) < 4.78 is 0. The summed E-state index contributed by atoms with van der Waals surface area (Å²) in [5.74, 6) is 2.17. The van der Waals surface area contributed by atoms with Crippen LogP contribution < -0.4 is 0 Å². The van der Waals surface area contributed by atoms with Crippen molar-refractivity contribution in [2.24, 2.45) is 0 Å². The van der Waals surface area contributed by atoms with Crippen LogP contribution >= 0.6 is 0 Å². The number of benzene rings is 1. The van der Waals surface area contributed by atoms with Gasteiger partial charge in [-0.2, -0.15) is 5.10 Å². The molecule has 0 amide bonds. The topological polar surface area (TPSA) is 61.8 Å². The number of phenolic OH excluding ortho intramolecular Hbond substituents is 1. The van der Waals surface area contributed by atoms with E-state index in [0.29, 0.717) is 5.75 Å². The Kier molecular flexibility index (Phi) is 4.95. The highest BCUT2D eigenvalue weighted by Crippen LogP contribution is 2.11. The molecule has 0 saturated carbocycles. The van der Waals surface area contributed by atoms with Crippen LogP contribution in [0.4, 0.5) is 0 Å². The molecule has 4 nitrogen and oxygen atoms in total. The van der Waals surface area contributed by atoms with Gasteiger partial charge in [-0.15, -0.1) is 0 Å². The second-order valence-corrected chi connectivity index (χ2v) is 4.82. The second-order valence-electron chi connectivity index (χ2n) is 4.82. The normalized spacial score (nSPS) is 10.8. The van der Waals surface area contributed by atoms with Crippen LogP contribution in [0.3, 0.4) is 0 Å². The minimum absolute atomic E-state index is 0.305. The predicted molar refractivity (Wildman–Crippen MR) is 75.1 cm³/mol. The number of aromatic hydroxyl groups is 1. The maximum atomic E-state index is 9.22. The van der Waals surface area contributed by atoms with Crippen molar-refractivity contribution in [3.63, 3.8) is 0 Å². The Hall–Kier alpha value is -1.84. The van der Waals surface area contributed by atoms with Crippen LogP contribution in [-0.2, 0) is 19.3 Å². The van der Waals surface area contributed by atoms with Gasteiger partial charge < -0.3 is 5.11 Å². The van der Waals surface area contributed by atoms with E-state index in [1.54, 1.807) is 12.1 Å². The molecule has 1 heterocycles. The van der Waals surface area contributed by atoms with Gasteiger partial charge in [-0.3, -0.25) is 5.10 Å². The van der Waals surface area contributed by atoms with Gasteiger partial charge in [0.05, 0.1) is 0 Å². The Labute approximate surface area is 113 Å². The zero-order chi connectivity index (χ0) is 13.5. The molecule has 4 heteroatoms. The summed E-state index contributed by atoms with van der Waals surface area (Å²) in [7, 11) is 0. The molecule has 2 rings (SSSR count). The van der Waals surface area contributed by atoms with E-state index < -0.39 is 0 Å². The maximum absolute atomic E-state index is 9.22. The summed E-state index contributed by atoms with van der Waals surface area (Å²) in [6.45, 7) is 2.20. The van der Waals surface area contributed by atoms with Gasteiger partial charge >= 0.3 is 0 Å². The Bertz CT molecular complexity index is 490. The van der Waals surface area contributed by atoms with Crippen molar-refractivity contribution in [1.29, 1.82) is 0 Å². The smallest absolute Gasteiger partial charge is 0.151 e. The van der Waals surface area contributed by atoms with Crippen LogP contribution in [0, 0.1) is 0 Å². The van der Waals surface area contributed by atoms with Crippen molar-refractivity contribution < 1.29 is 5.11 Å². The third-order valence-electron chi connectivity index (χ3n) is 3.17. The molecule has 0 aliphatic rings. The summed E-state index contributed by atoms with van der Waals surface area (Å²) in [4.78, 5) is 4.50. The number of nitrogens with one attached hydrogen (secondary N) is 1. The van der Waals surface area contributed by atoms with Crippen LogP contribution in [0.15, 0.2) is 24.3 Å². The van der Waals surface area contributed by atoms with Crippen molar-refractivity contribution in [2.45, 2.75) is 45.4 Å². The van der Waals surface area contributed by atoms with E-state index in [2.05, 4.69) is 22.1 Å². The molecule has 2 N–H and O–H groups in total. The molecule has 1 aromatic heterocycles. The molecule has 0 atom stereocenters. The molecule has 0 spiro atoms. The van der Waals surface area contributed by atoms with Crippen molar-refractivity contribution in [3.8, 4) is 5.75 Å². The molecular formula is C15H21N3O. The first-order chi connectivity index (χ1) is 9.28. The summed E-state index contributed by atoms with van der Waals surface area (Å²) >= 11 is 0. The molecule has 0 unspecified atom stereocenters. The summed E-state index contributed by atoms with van der Waals surface area (Å²) in [6, 6.07) is 7.29. The largest absolute Gasteiger partial charge is 0.508 e. The average molecular weight is 259 g/mol. The zero-order valence-corrected chi connectivity index (χ0v) is 11.4. The number of phenols is 1. The van der Waals surface area contributed by atoms with E-state index >= 15 is 0 Å². The van der Waals surface area contributed by atoms with Gasteiger partial charge in [0.1, 0.15) is 11.6 Å². The third-order valence-corrected chi connectivity index (χ3v) is 3.17. The van der Waals surface area contributed by atoms with Crippen molar-refractivity contribution in [1.82, 2.24) is 15.2 Å². The minimum Gasteiger partial charge on any atom is -0.508 e. The fourth-order valence-electron chi connectivity index (χ4n) is 2.02. The predicted octanol–water partition coefficient (Wildman–Crippen LogP) is 3.03. The SMILES string of the molecule is CCCCCc1nc(CCc2ccc(O)cc2)n[nH]1. The minimum atomic E-state index is 0.305. The molecule has 1 aromatic carbocycles. The first-order valence-corrected chi connectivity index (χ1v) is 6.96. The molecule has 0 fully saturated rings. The molecule has 0 saturated heterocycles. The number of aryl methyl sites for hydroxylation is 3. The highest BCUT2D eigenvalue weighted by molar-refractivity contribution is 5.26. The number of rotatable bonds is 7. The monoisotopic (exact) mass is 259 g/mol. The first-order valence-electron chi connectivity index (χ1n) is 6.96. The van der Waals surface area contributed by atoms with E-state index in [4.69, 9.17) is 0 Å². The molecule has 2 aromatic rings. The lowest BCUT2D eigenvalue weighted by Gasteiger charge is -1.98. The molecule has 102 valence electrons. The van der Waals surface area contributed by atoms with E-state index in [1.807, 2.05) is 12.1 Å². The molecule has 0 radical (unpaired) electrons. The number of aromatic amines is 1. The quantitative estimate of drug-likeness (QED) is 0.751. The van der Waals surface area contributed by atoms with Crippen LogP contribution in [0.1, 0.15) is 43.4 Å². The Balaban J connectivity index is 1.81. The van der Waals surface area contributed by atoms with Crippen LogP contribution in [0.25, 0.3) is 0 Å². The second kappa shape index (κ2) is 6.92. The Morgan fingerprint density at radius 2 is 1.84 bits per heavy atom. The number of unbranched alkanes of at least 4 members (excludes halogenated alkanes) is 2. The highest BCUT2D eigenvalue weighted by atomic mass is 16.3. The third kappa shape index (κ3) is 4.39. The lowest BCUT2D eigenvalue weighted by molar-refractivity contribution is 0.475. The Morgan fingerprint density at radius 1 is 1.05 bits per heavy atom. The van der Waals surface area contributed by atoms with E-state index in [0.717, 1.165) is 30.9 Å². The van der Waals surface area contributed by atoms with E-state index in [1.165, 1.54) is 24.8 Å². The standard InChI is InChI=1S/C15H21N3O/c1-2-3-4-5-14-16-15(18-17-14)11-8-12-6-9-13(19)10-7-12/h6-7,9-10,19H,2-5,8,11H2,1H3,(H,16,17,18).